The number of halogens is 4. The predicted octanol–water partition coefficient (Wildman–Crippen LogP) is 1.94. The van der Waals surface area contributed by atoms with Gasteiger partial charge in [-0.2, -0.15) is 0 Å². The molecule has 0 fully saturated rings. The van der Waals surface area contributed by atoms with Crippen LogP contribution in [-0.2, 0) is 4.79 Å². The highest BCUT2D eigenvalue weighted by Gasteiger charge is 2.32. The highest BCUT2D eigenvalue weighted by molar-refractivity contribution is 6.33. The summed E-state index contributed by atoms with van der Waals surface area (Å²) in [6, 6.07) is 1.43. The van der Waals surface area contributed by atoms with Crippen molar-refractivity contribution in [2.24, 2.45) is 0 Å². The van der Waals surface area contributed by atoms with Crippen molar-refractivity contribution in [3.8, 4) is 5.75 Å². The molecule has 0 spiro atoms. The Hall–Kier alpha value is -1.67. The first-order valence-electron chi connectivity index (χ1n) is 4.37. The number of ether oxygens (including phenoxy) is 1. The summed E-state index contributed by atoms with van der Waals surface area (Å²) in [5.41, 5.74) is 4.55. The third-order valence-corrected chi connectivity index (χ3v) is 2.21. The van der Waals surface area contributed by atoms with Crippen molar-refractivity contribution in [2.75, 3.05) is 5.73 Å². The topological polar surface area (TPSA) is 92.8 Å². The van der Waals surface area contributed by atoms with E-state index in [4.69, 9.17) is 22.4 Å². The number of carbonyl (C=O) groups is 1. The van der Waals surface area contributed by atoms with Crippen LogP contribution in [0.5, 0.6) is 5.75 Å². The maximum atomic E-state index is 12.0. The summed E-state index contributed by atoms with van der Waals surface area (Å²) >= 11 is 5.52. The molecular formula is C9H7ClF3NO4. The molecule has 0 aliphatic heterocycles. The van der Waals surface area contributed by atoms with Crippen molar-refractivity contribution < 1.29 is 32.9 Å². The molecule has 0 radical (unpaired) electrons. The van der Waals surface area contributed by atoms with Crippen LogP contribution >= 0.6 is 11.6 Å². The molecule has 0 aliphatic rings. The number of aliphatic carboxylic acids is 1. The SMILES string of the molecule is Nc1c(Cl)cc(OC(F)(F)F)cc1C(O)C(=O)O. The fourth-order valence-corrected chi connectivity index (χ4v) is 1.38. The Balaban J connectivity index is 3.22. The monoisotopic (exact) mass is 285 g/mol. The van der Waals surface area contributed by atoms with E-state index >= 15 is 0 Å². The molecule has 1 aromatic carbocycles. The van der Waals surface area contributed by atoms with E-state index in [1.807, 2.05) is 0 Å². The molecule has 1 atom stereocenters. The highest BCUT2D eigenvalue weighted by Crippen LogP contribution is 2.34. The molecule has 0 amide bonds. The van der Waals surface area contributed by atoms with Crippen molar-refractivity contribution in [2.45, 2.75) is 12.5 Å². The number of nitrogens with two attached hydrogens (primary N) is 1. The Kier molecular flexibility index (Phi) is 3.92. The Morgan fingerprint density at radius 2 is 2.00 bits per heavy atom. The number of rotatable bonds is 3. The molecule has 0 aliphatic carbocycles. The summed E-state index contributed by atoms with van der Waals surface area (Å²) in [7, 11) is 0. The van der Waals surface area contributed by atoms with Gasteiger partial charge in [0, 0.05) is 11.6 Å². The average molecular weight is 286 g/mol. The van der Waals surface area contributed by atoms with Crippen molar-refractivity contribution in [1.82, 2.24) is 0 Å². The first-order chi connectivity index (χ1) is 8.11. The predicted molar refractivity (Wildman–Crippen MR) is 55.1 cm³/mol. The molecule has 4 N–H and O–H groups in total. The number of hydrogen-bond donors (Lipinski definition) is 3. The smallest absolute Gasteiger partial charge is 0.479 e. The Morgan fingerprint density at radius 3 is 2.44 bits per heavy atom. The van der Waals surface area contributed by atoms with E-state index < -0.39 is 29.7 Å². The summed E-state index contributed by atoms with van der Waals surface area (Å²) in [5, 5.41) is 17.5. The first-order valence-corrected chi connectivity index (χ1v) is 4.75. The van der Waals surface area contributed by atoms with E-state index in [0.717, 1.165) is 6.07 Å². The zero-order valence-corrected chi connectivity index (χ0v) is 9.29. The van der Waals surface area contributed by atoms with Gasteiger partial charge in [0.25, 0.3) is 0 Å². The van der Waals surface area contributed by atoms with Crippen LogP contribution in [0.3, 0.4) is 0 Å². The Morgan fingerprint density at radius 1 is 1.44 bits per heavy atom. The molecule has 18 heavy (non-hydrogen) atoms. The zero-order chi connectivity index (χ0) is 14.1. The molecule has 0 saturated carbocycles. The molecule has 0 bridgehead atoms. The fourth-order valence-electron chi connectivity index (χ4n) is 1.17. The van der Waals surface area contributed by atoms with Crippen molar-refractivity contribution in [1.29, 1.82) is 0 Å². The van der Waals surface area contributed by atoms with Gasteiger partial charge in [0.05, 0.1) is 10.7 Å². The van der Waals surface area contributed by atoms with Gasteiger partial charge in [-0.15, -0.1) is 13.2 Å². The first kappa shape index (κ1) is 14.4. The maximum Gasteiger partial charge on any atom is 0.573 e. The van der Waals surface area contributed by atoms with Gasteiger partial charge in [0.15, 0.2) is 6.10 Å². The molecule has 9 heteroatoms. The summed E-state index contributed by atoms with van der Waals surface area (Å²) in [4.78, 5) is 10.5. The number of aliphatic hydroxyl groups excluding tert-OH is 1. The lowest BCUT2D eigenvalue weighted by molar-refractivity contribution is -0.274. The van der Waals surface area contributed by atoms with Crippen LogP contribution < -0.4 is 10.5 Å². The maximum absolute atomic E-state index is 12.0. The normalized spacial score (nSPS) is 13.2. The number of hydrogen-bond acceptors (Lipinski definition) is 4. The van der Waals surface area contributed by atoms with Crippen LogP contribution in [0, 0.1) is 0 Å². The van der Waals surface area contributed by atoms with E-state index in [9.17, 15) is 23.1 Å². The minimum atomic E-state index is -4.97. The lowest BCUT2D eigenvalue weighted by atomic mass is 10.1. The second-order valence-corrected chi connectivity index (χ2v) is 3.60. The Labute approximate surface area is 104 Å². The molecule has 5 nitrogen and oxygen atoms in total. The molecule has 0 heterocycles. The van der Waals surface area contributed by atoms with Gasteiger partial charge in [0.1, 0.15) is 5.75 Å². The number of aliphatic hydroxyl groups is 1. The Bertz CT molecular complexity index is 478. The van der Waals surface area contributed by atoms with Gasteiger partial charge in [-0.25, -0.2) is 4.79 Å². The molecular weight excluding hydrogens is 279 g/mol. The van der Waals surface area contributed by atoms with Gasteiger partial charge in [0.2, 0.25) is 0 Å². The molecule has 1 unspecified atom stereocenters. The molecule has 0 aromatic heterocycles. The van der Waals surface area contributed by atoms with E-state index in [-0.39, 0.29) is 10.7 Å². The number of alkyl halides is 3. The third-order valence-electron chi connectivity index (χ3n) is 1.90. The largest absolute Gasteiger partial charge is 0.573 e. The number of benzene rings is 1. The number of carboxylic acid groups (broad SMARTS) is 1. The molecule has 100 valence electrons. The van der Waals surface area contributed by atoms with E-state index in [1.54, 1.807) is 0 Å². The van der Waals surface area contributed by atoms with E-state index in [1.165, 1.54) is 0 Å². The van der Waals surface area contributed by atoms with Gasteiger partial charge >= 0.3 is 12.3 Å². The quantitative estimate of drug-likeness (QED) is 0.738. The van der Waals surface area contributed by atoms with Crippen molar-refractivity contribution >= 4 is 23.3 Å². The van der Waals surface area contributed by atoms with Crippen LogP contribution in [0.4, 0.5) is 18.9 Å². The van der Waals surface area contributed by atoms with Gasteiger partial charge in [-0.05, 0) is 6.07 Å². The van der Waals surface area contributed by atoms with Crippen molar-refractivity contribution in [3.63, 3.8) is 0 Å². The summed E-state index contributed by atoms with van der Waals surface area (Å²) in [5.74, 6) is -2.45. The minimum absolute atomic E-state index is 0.332. The van der Waals surface area contributed by atoms with Gasteiger partial charge in [-0.3, -0.25) is 0 Å². The van der Waals surface area contributed by atoms with Crippen LogP contribution in [0.1, 0.15) is 11.7 Å². The zero-order valence-electron chi connectivity index (χ0n) is 8.53. The number of anilines is 1. The summed E-state index contributed by atoms with van der Waals surface area (Å²) < 4.78 is 39.5. The van der Waals surface area contributed by atoms with E-state index in [2.05, 4.69) is 4.74 Å². The second-order valence-electron chi connectivity index (χ2n) is 3.20. The fraction of sp³-hybridized carbons (Fsp3) is 0.222. The molecule has 1 aromatic rings. The van der Waals surface area contributed by atoms with Crippen LogP contribution in [0.2, 0.25) is 5.02 Å². The van der Waals surface area contributed by atoms with Crippen LogP contribution in [0.25, 0.3) is 0 Å². The van der Waals surface area contributed by atoms with E-state index in [0.29, 0.717) is 6.07 Å². The van der Waals surface area contributed by atoms with Gasteiger partial charge < -0.3 is 20.7 Å². The third kappa shape index (κ3) is 3.41. The number of carboxylic acids is 1. The minimum Gasteiger partial charge on any atom is -0.479 e. The molecule has 1 rings (SSSR count). The highest BCUT2D eigenvalue weighted by atomic mass is 35.5. The standard InChI is InChI=1S/C9H7ClF3NO4/c10-5-2-3(18-9(11,12)13)1-4(6(5)14)7(15)8(16)17/h1-2,7,15H,14H2,(H,16,17). The van der Waals surface area contributed by atoms with Crippen molar-refractivity contribution in [3.05, 3.63) is 22.7 Å². The van der Waals surface area contributed by atoms with Gasteiger partial charge in [-0.1, -0.05) is 11.6 Å². The lowest BCUT2D eigenvalue weighted by Gasteiger charge is -2.14. The number of nitrogen functional groups attached to an aromatic ring is 1. The summed E-state index contributed by atoms with van der Waals surface area (Å²) in [6.07, 6.45) is -7.07. The molecule has 0 saturated heterocycles. The van der Waals surface area contributed by atoms with Crippen LogP contribution in [-0.4, -0.2) is 22.5 Å². The second kappa shape index (κ2) is 4.91. The lowest BCUT2D eigenvalue weighted by Crippen LogP contribution is -2.18. The average Bonchev–Trinajstić information content (AvgIpc) is 2.19. The summed E-state index contributed by atoms with van der Waals surface area (Å²) in [6.45, 7) is 0. The van der Waals surface area contributed by atoms with Crippen LogP contribution in [0.15, 0.2) is 12.1 Å².